The van der Waals surface area contributed by atoms with Gasteiger partial charge in [-0.15, -0.1) is 0 Å². The standard InChI is InChI=1S/C24H31N7O2/c1-24(2,3)29-21(32)15-30(4)23-18-6-5-7-19(18)27-22(28-23)20-14-17(8-9-26-20)33-13-12-31-11-10-25-16-31/h8-11,14,16H,5-7,12-13,15H2,1-4H3,(H,29,32). The average molecular weight is 450 g/mol. The van der Waals surface area contributed by atoms with Crippen LogP contribution in [0.3, 0.4) is 0 Å². The quantitative estimate of drug-likeness (QED) is 0.564. The smallest absolute Gasteiger partial charge is 0.239 e. The van der Waals surface area contributed by atoms with E-state index in [0.29, 0.717) is 30.4 Å². The molecule has 9 heteroatoms. The van der Waals surface area contributed by atoms with Gasteiger partial charge in [0.25, 0.3) is 0 Å². The van der Waals surface area contributed by atoms with E-state index in [1.807, 2.05) is 55.6 Å². The molecule has 0 spiro atoms. The fourth-order valence-corrected chi connectivity index (χ4v) is 3.90. The summed E-state index contributed by atoms with van der Waals surface area (Å²) < 4.78 is 7.87. The van der Waals surface area contributed by atoms with Crippen molar-refractivity contribution in [2.24, 2.45) is 0 Å². The average Bonchev–Trinajstić information content (AvgIpc) is 3.43. The lowest BCUT2D eigenvalue weighted by molar-refractivity contribution is -0.121. The van der Waals surface area contributed by atoms with Crippen molar-refractivity contribution in [3.05, 3.63) is 48.3 Å². The Morgan fingerprint density at radius 3 is 2.85 bits per heavy atom. The molecule has 0 fully saturated rings. The molecule has 0 aliphatic heterocycles. The van der Waals surface area contributed by atoms with Gasteiger partial charge in [-0.2, -0.15) is 0 Å². The summed E-state index contributed by atoms with van der Waals surface area (Å²) in [4.78, 5) is 32.6. The van der Waals surface area contributed by atoms with Crippen molar-refractivity contribution < 1.29 is 9.53 Å². The van der Waals surface area contributed by atoms with Gasteiger partial charge in [-0.3, -0.25) is 9.78 Å². The highest BCUT2D eigenvalue weighted by atomic mass is 16.5. The fourth-order valence-electron chi connectivity index (χ4n) is 3.90. The number of likely N-dealkylation sites (N-methyl/N-ethyl adjacent to an activating group) is 1. The SMILES string of the molecule is CN(CC(=O)NC(C)(C)C)c1nc(-c2cc(OCCn3ccnc3)ccn2)nc2c1CCC2. The molecule has 0 saturated carbocycles. The summed E-state index contributed by atoms with van der Waals surface area (Å²) in [5.41, 5.74) is 2.53. The van der Waals surface area contributed by atoms with Gasteiger partial charge in [0.15, 0.2) is 5.82 Å². The first-order chi connectivity index (χ1) is 15.8. The zero-order chi connectivity index (χ0) is 23.4. The number of fused-ring (bicyclic) bond motifs is 1. The summed E-state index contributed by atoms with van der Waals surface area (Å²) in [6, 6.07) is 3.69. The van der Waals surface area contributed by atoms with E-state index in [0.717, 1.165) is 36.3 Å². The van der Waals surface area contributed by atoms with Crippen LogP contribution in [-0.2, 0) is 24.2 Å². The van der Waals surface area contributed by atoms with Crippen molar-refractivity contribution in [1.82, 2.24) is 29.8 Å². The summed E-state index contributed by atoms with van der Waals surface area (Å²) >= 11 is 0. The van der Waals surface area contributed by atoms with Crippen LogP contribution in [0.1, 0.15) is 38.4 Å². The lowest BCUT2D eigenvalue weighted by Crippen LogP contribution is -2.45. The summed E-state index contributed by atoms with van der Waals surface area (Å²) in [5.74, 6) is 2.02. The van der Waals surface area contributed by atoms with E-state index in [2.05, 4.69) is 15.3 Å². The molecule has 1 amide bonds. The maximum Gasteiger partial charge on any atom is 0.239 e. The van der Waals surface area contributed by atoms with Gasteiger partial charge < -0.3 is 19.5 Å². The zero-order valence-corrected chi connectivity index (χ0v) is 19.7. The largest absolute Gasteiger partial charge is 0.492 e. The van der Waals surface area contributed by atoms with E-state index < -0.39 is 0 Å². The van der Waals surface area contributed by atoms with Gasteiger partial charge in [-0.05, 0) is 46.1 Å². The number of aromatic nitrogens is 5. The molecule has 0 atom stereocenters. The number of nitrogens with zero attached hydrogens (tertiary/aromatic N) is 6. The van der Waals surface area contributed by atoms with Crippen LogP contribution in [0.5, 0.6) is 5.75 Å². The molecule has 3 aromatic heterocycles. The molecule has 4 rings (SSSR count). The summed E-state index contributed by atoms with van der Waals surface area (Å²) in [6.07, 6.45) is 9.98. The number of amides is 1. The predicted octanol–water partition coefficient (Wildman–Crippen LogP) is 2.65. The normalized spacial score (nSPS) is 13.0. The highest BCUT2D eigenvalue weighted by Gasteiger charge is 2.24. The van der Waals surface area contributed by atoms with E-state index in [1.165, 1.54) is 0 Å². The molecule has 3 heterocycles. The number of rotatable bonds is 8. The molecule has 0 saturated heterocycles. The summed E-state index contributed by atoms with van der Waals surface area (Å²) in [7, 11) is 1.90. The number of hydrogen-bond donors (Lipinski definition) is 1. The van der Waals surface area contributed by atoms with E-state index in [-0.39, 0.29) is 18.0 Å². The van der Waals surface area contributed by atoms with E-state index in [1.54, 1.807) is 18.7 Å². The Morgan fingerprint density at radius 1 is 1.24 bits per heavy atom. The number of carbonyl (C=O) groups excluding carboxylic acids is 1. The molecule has 33 heavy (non-hydrogen) atoms. The monoisotopic (exact) mass is 449 g/mol. The highest BCUT2D eigenvalue weighted by Crippen LogP contribution is 2.31. The van der Waals surface area contributed by atoms with Crippen molar-refractivity contribution in [3.8, 4) is 17.3 Å². The van der Waals surface area contributed by atoms with Crippen LogP contribution < -0.4 is 15.0 Å². The number of imidazole rings is 1. The van der Waals surface area contributed by atoms with Crippen LogP contribution in [-0.4, -0.2) is 56.1 Å². The molecule has 0 radical (unpaired) electrons. The Morgan fingerprint density at radius 2 is 2.09 bits per heavy atom. The maximum atomic E-state index is 12.5. The first-order valence-electron chi connectivity index (χ1n) is 11.3. The van der Waals surface area contributed by atoms with Gasteiger partial charge in [-0.1, -0.05) is 0 Å². The molecule has 1 N–H and O–H groups in total. The fraction of sp³-hybridized carbons (Fsp3) is 0.458. The Balaban J connectivity index is 1.53. The van der Waals surface area contributed by atoms with E-state index in [9.17, 15) is 4.79 Å². The van der Waals surface area contributed by atoms with Gasteiger partial charge in [0.2, 0.25) is 5.91 Å². The molecule has 0 bridgehead atoms. The number of carbonyl (C=O) groups is 1. The topological polar surface area (TPSA) is 98.1 Å². The van der Waals surface area contributed by atoms with Crippen molar-refractivity contribution in [2.45, 2.75) is 52.1 Å². The lowest BCUT2D eigenvalue weighted by atomic mass is 10.1. The minimum Gasteiger partial charge on any atom is -0.492 e. The third kappa shape index (κ3) is 5.85. The highest BCUT2D eigenvalue weighted by molar-refractivity contribution is 5.82. The predicted molar refractivity (Wildman–Crippen MR) is 126 cm³/mol. The first-order valence-corrected chi connectivity index (χ1v) is 11.3. The lowest BCUT2D eigenvalue weighted by Gasteiger charge is -2.25. The van der Waals surface area contributed by atoms with Crippen molar-refractivity contribution in [2.75, 3.05) is 25.1 Å². The van der Waals surface area contributed by atoms with Gasteiger partial charge in [0.05, 0.1) is 19.4 Å². The Bertz CT molecular complexity index is 1110. The van der Waals surface area contributed by atoms with Gasteiger partial charge >= 0.3 is 0 Å². The van der Waals surface area contributed by atoms with Gasteiger partial charge in [-0.25, -0.2) is 15.0 Å². The van der Waals surface area contributed by atoms with Crippen LogP contribution in [0.15, 0.2) is 37.1 Å². The molecule has 1 aliphatic rings. The number of nitrogens with one attached hydrogen (secondary N) is 1. The van der Waals surface area contributed by atoms with E-state index >= 15 is 0 Å². The Kier molecular flexibility index (Phi) is 6.57. The second-order valence-electron chi connectivity index (χ2n) is 9.33. The van der Waals surface area contributed by atoms with Crippen molar-refractivity contribution in [3.63, 3.8) is 0 Å². The third-order valence-electron chi connectivity index (χ3n) is 5.31. The molecular formula is C24H31N7O2. The number of pyridine rings is 1. The van der Waals surface area contributed by atoms with E-state index in [4.69, 9.17) is 14.7 Å². The number of ether oxygens (including phenoxy) is 1. The molecule has 0 unspecified atom stereocenters. The molecule has 3 aromatic rings. The second-order valence-corrected chi connectivity index (χ2v) is 9.33. The number of anilines is 1. The Hall–Kier alpha value is -3.49. The number of hydrogen-bond acceptors (Lipinski definition) is 7. The van der Waals surface area contributed by atoms with Gasteiger partial charge in [0.1, 0.15) is 23.9 Å². The molecule has 9 nitrogen and oxygen atoms in total. The molecular weight excluding hydrogens is 418 g/mol. The van der Waals surface area contributed by atoms with Crippen LogP contribution in [0.25, 0.3) is 11.5 Å². The minimum atomic E-state index is -0.279. The molecule has 0 aromatic carbocycles. The van der Waals surface area contributed by atoms with Gasteiger partial charge in [0, 0.05) is 48.5 Å². The summed E-state index contributed by atoms with van der Waals surface area (Å²) in [6.45, 7) is 7.37. The van der Waals surface area contributed by atoms with Crippen LogP contribution in [0.4, 0.5) is 5.82 Å². The molecule has 174 valence electrons. The second kappa shape index (κ2) is 9.56. The van der Waals surface area contributed by atoms with Crippen molar-refractivity contribution >= 4 is 11.7 Å². The maximum absolute atomic E-state index is 12.5. The van der Waals surface area contributed by atoms with Crippen LogP contribution in [0, 0.1) is 0 Å². The van der Waals surface area contributed by atoms with Crippen LogP contribution >= 0.6 is 0 Å². The Labute approximate surface area is 194 Å². The number of aryl methyl sites for hydroxylation is 1. The first kappa shape index (κ1) is 22.7. The molecule has 1 aliphatic carbocycles. The zero-order valence-electron chi connectivity index (χ0n) is 19.7. The summed E-state index contributed by atoms with van der Waals surface area (Å²) in [5, 5.41) is 3.01. The van der Waals surface area contributed by atoms with Crippen molar-refractivity contribution in [1.29, 1.82) is 0 Å². The third-order valence-corrected chi connectivity index (χ3v) is 5.31. The van der Waals surface area contributed by atoms with Crippen LogP contribution in [0.2, 0.25) is 0 Å². The minimum absolute atomic E-state index is 0.0386.